The third-order valence-corrected chi connectivity index (χ3v) is 2.85. The molecule has 82 valence electrons. The van der Waals surface area contributed by atoms with Crippen molar-refractivity contribution in [1.82, 2.24) is 4.98 Å². The van der Waals surface area contributed by atoms with Gasteiger partial charge in [0.1, 0.15) is 5.69 Å². The lowest BCUT2D eigenvalue weighted by Gasteiger charge is -2.08. The van der Waals surface area contributed by atoms with Crippen LogP contribution in [0.4, 0.5) is 0 Å². The number of hydrogen-bond acceptors (Lipinski definition) is 2. The first-order chi connectivity index (χ1) is 7.61. The van der Waals surface area contributed by atoms with Gasteiger partial charge in [0.05, 0.1) is 5.52 Å². The molecule has 0 N–H and O–H groups in total. The minimum Gasteiger partial charge on any atom is -0.296 e. The molecule has 0 saturated carbocycles. The van der Waals surface area contributed by atoms with Crippen LogP contribution < -0.4 is 0 Å². The molecule has 0 amide bonds. The van der Waals surface area contributed by atoms with E-state index in [9.17, 15) is 4.79 Å². The molecule has 16 heavy (non-hydrogen) atoms. The van der Waals surface area contributed by atoms with Gasteiger partial charge in [0, 0.05) is 5.39 Å². The molecular weight excluding hydrogens is 198 g/mol. The SMILES string of the molecule is Cc1cc(C=O)nc2ccc(C(C)C)cc12. The summed E-state index contributed by atoms with van der Waals surface area (Å²) >= 11 is 0. The zero-order valence-corrected chi connectivity index (χ0v) is 9.82. The second kappa shape index (κ2) is 4.05. The number of fused-ring (bicyclic) bond motifs is 1. The minimum absolute atomic E-state index is 0.502. The van der Waals surface area contributed by atoms with E-state index in [1.165, 1.54) is 5.56 Å². The van der Waals surface area contributed by atoms with E-state index in [2.05, 4.69) is 31.0 Å². The van der Waals surface area contributed by atoms with E-state index < -0.39 is 0 Å². The molecule has 2 rings (SSSR count). The molecule has 0 bridgehead atoms. The highest BCUT2D eigenvalue weighted by atomic mass is 16.1. The van der Waals surface area contributed by atoms with Crippen molar-refractivity contribution in [1.29, 1.82) is 0 Å². The first-order valence-electron chi connectivity index (χ1n) is 5.48. The fourth-order valence-electron chi connectivity index (χ4n) is 1.86. The van der Waals surface area contributed by atoms with Crippen LogP contribution in [0.2, 0.25) is 0 Å². The number of nitrogens with zero attached hydrogens (tertiary/aromatic N) is 1. The van der Waals surface area contributed by atoms with Crippen molar-refractivity contribution in [2.24, 2.45) is 0 Å². The van der Waals surface area contributed by atoms with Crippen molar-refractivity contribution in [2.75, 3.05) is 0 Å². The summed E-state index contributed by atoms with van der Waals surface area (Å²) in [6.45, 7) is 6.36. The quantitative estimate of drug-likeness (QED) is 0.715. The lowest BCUT2D eigenvalue weighted by molar-refractivity contribution is 0.111. The van der Waals surface area contributed by atoms with E-state index >= 15 is 0 Å². The Morgan fingerprint density at radius 2 is 2.00 bits per heavy atom. The van der Waals surface area contributed by atoms with Crippen molar-refractivity contribution >= 4 is 17.2 Å². The number of aldehydes is 1. The molecule has 0 spiro atoms. The van der Waals surface area contributed by atoms with Gasteiger partial charge in [0.2, 0.25) is 0 Å². The van der Waals surface area contributed by atoms with Crippen LogP contribution >= 0.6 is 0 Å². The molecule has 0 aliphatic heterocycles. The van der Waals surface area contributed by atoms with Gasteiger partial charge >= 0.3 is 0 Å². The van der Waals surface area contributed by atoms with Crippen LogP contribution in [0.15, 0.2) is 24.3 Å². The van der Waals surface area contributed by atoms with Gasteiger partial charge in [-0.3, -0.25) is 4.79 Å². The third-order valence-electron chi connectivity index (χ3n) is 2.85. The van der Waals surface area contributed by atoms with Crippen molar-refractivity contribution in [2.45, 2.75) is 26.7 Å². The summed E-state index contributed by atoms with van der Waals surface area (Å²) in [6.07, 6.45) is 0.794. The first kappa shape index (κ1) is 10.8. The van der Waals surface area contributed by atoms with E-state index in [0.717, 1.165) is 22.8 Å². The number of hydrogen-bond donors (Lipinski definition) is 0. The molecule has 0 radical (unpaired) electrons. The van der Waals surface area contributed by atoms with Gasteiger partial charge in [0.15, 0.2) is 6.29 Å². The molecule has 0 saturated heterocycles. The topological polar surface area (TPSA) is 30.0 Å². The van der Waals surface area contributed by atoms with Crippen molar-refractivity contribution in [3.63, 3.8) is 0 Å². The third kappa shape index (κ3) is 1.83. The summed E-state index contributed by atoms with van der Waals surface area (Å²) in [7, 11) is 0. The van der Waals surface area contributed by atoms with Gasteiger partial charge in [-0.15, -0.1) is 0 Å². The molecule has 0 fully saturated rings. The molecule has 1 aromatic heterocycles. The predicted molar refractivity (Wildman–Crippen MR) is 66.0 cm³/mol. The molecule has 0 unspecified atom stereocenters. The zero-order chi connectivity index (χ0) is 11.7. The van der Waals surface area contributed by atoms with Crippen LogP contribution in [-0.2, 0) is 0 Å². The fraction of sp³-hybridized carbons (Fsp3) is 0.286. The van der Waals surface area contributed by atoms with Crippen LogP contribution in [-0.4, -0.2) is 11.3 Å². The maximum atomic E-state index is 10.7. The monoisotopic (exact) mass is 213 g/mol. The van der Waals surface area contributed by atoms with Gasteiger partial charge in [-0.05, 0) is 42.2 Å². The van der Waals surface area contributed by atoms with Crippen molar-refractivity contribution < 1.29 is 4.79 Å². The summed E-state index contributed by atoms with van der Waals surface area (Å²) in [5.74, 6) is 0.509. The summed E-state index contributed by atoms with van der Waals surface area (Å²) < 4.78 is 0. The molecule has 2 aromatic rings. The van der Waals surface area contributed by atoms with Crippen LogP contribution in [0.25, 0.3) is 10.9 Å². The van der Waals surface area contributed by atoms with E-state index in [-0.39, 0.29) is 0 Å². The van der Waals surface area contributed by atoms with Crippen LogP contribution in [0.3, 0.4) is 0 Å². The van der Waals surface area contributed by atoms with E-state index in [0.29, 0.717) is 11.6 Å². The smallest absolute Gasteiger partial charge is 0.168 e. The Morgan fingerprint density at radius 1 is 1.25 bits per heavy atom. The summed E-state index contributed by atoms with van der Waals surface area (Å²) in [5, 5.41) is 1.14. The number of benzene rings is 1. The van der Waals surface area contributed by atoms with Crippen LogP contribution in [0, 0.1) is 6.92 Å². The van der Waals surface area contributed by atoms with Gasteiger partial charge < -0.3 is 0 Å². The van der Waals surface area contributed by atoms with Crippen LogP contribution in [0.1, 0.15) is 41.4 Å². The Labute approximate surface area is 95.3 Å². The van der Waals surface area contributed by atoms with Gasteiger partial charge in [-0.25, -0.2) is 4.98 Å². The average molecular weight is 213 g/mol. The molecule has 2 nitrogen and oxygen atoms in total. The van der Waals surface area contributed by atoms with Crippen molar-refractivity contribution in [3.8, 4) is 0 Å². The molecule has 0 aliphatic carbocycles. The second-order valence-corrected chi connectivity index (χ2v) is 4.41. The van der Waals surface area contributed by atoms with E-state index in [1.807, 2.05) is 19.1 Å². The summed E-state index contributed by atoms with van der Waals surface area (Å²) in [4.78, 5) is 15.0. The normalized spacial score (nSPS) is 11.0. The highest BCUT2D eigenvalue weighted by molar-refractivity contribution is 5.86. The largest absolute Gasteiger partial charge is 0.296 e. The molecule has 1 aromatic carbocycles. The Balaban J connectivity index is 2.70. The first-order valence-corrected chi connectivity index (χ1v) is 5.48. The Kier molecular flexibility index (Phi) is 2.73. The second-order valence-electron chi connectivity index (χ2n) is 4.41. The number of carbonyl (C=O) groups excluding carboxylic acids is 1. The predicted octanol–water partition coefficient (Wildman–Crippen LogP) is 3.48. The van der Waals surface area contributed by atoms with Gasteiger partial charge in [-0.1, -0.05) is 19.9 Å². The number of aryl methyl sites for hydroxylation is 1. The molecule has 1 heterocycles. The Hall–Kier alpha value is -1.70. The van der Waals surface area contributed by atoms with E-state index in [1.54, 1.807) is 0 Å². The maximum absolute atomic E-state index is 10.7. The minimum atomic E-state index is 0.502. The Morgan fingerprint density at radius 3 is 2.62 bits per heavy atom. The zero-order valence-electron chi connectivity index (χ0n) is 9.82. The van der Waals surface area contributed by atoms with E-state index in [4.69, 9.17) is 0 Å². The van der Waals surface area contributed by atoms with Gasteiger partial charge in [-0.2, -0.15) is 0 Å². The molecular formula is C14H15NO. The average Bonchev–Trinajstić information content (AvgIpc) is 2.28. The Bertz CT molecular complexity index is 544. The number of aromatic nitrogens is 1. The maximum Gasteiger partial charge on any atom is 0.168 e. The lowest BCUT2D eigenvalue weighted by Crippen LogP contribution is -1.93. The van der Waals surface area contributed by atoms with Crippen LogP contribution in [0.5, 0.6) is 0 Å². The number of pyridine rings is 1. The van der Waals surface area contributed by atoms with Crippen molar-refractivity contribution in [3.05, 3.63) is 41.1 Å². The molecule has 0 aliphatic rings. The number of rotatable bonds is 2. The summed E-state index contributed by atoms with van der Waals surface area (Å²) in [6, 6.07) is 8.06. The molecule has 0 atom stereocenters. The highest BCUT2D eigenvalue weighted by Crippen LogP contribution is 2.23. The molecule has 2 heteroatoms. The summed E-state index contributed by atoms with van der Waals surface area (Å²) in [5.41, 5.74) is 3.81. The highest BCUT2D eigenvalue weighted by Gasteiger charge is 2.05. The fourth-order valence-corrected chi connectivity index (χ4v) is 1.86. The number of carbonyl (C=O) groups is 1. The standard InChI is InChI=1S/C14H15NO/c1-9(2)11-4-5-14-13(7-11)10(3)6-12(8-16)15-14/h4-9H,1-3H3. The lowest BCUT2D eigenvalue weighted by atomic mass is 9.99. The van der Waals surface area contributed by atoms with Gasteiger partial charge in [0.25, 0.3) is 0 Å².